The molecule has 3 saturated heterocycles. The van der Waals surface area contributed by atoms with Gasteiger partial charge in [0.25, 0.3) is 0 Å². The van der Waals surface area contributed by atoms with Gasteiger partial charge in [0, 0.05) is 78.5 Å². The molecule has 132 valence electrons. The van der Waals surface area contributed by atoms with Crippen LogP contribution >= 0.6 is 0 Å². The van der Waals surface area contributed by atoms with Gasteiger partial charge in [0.2, 0.25) is 0 Å². The van der Waals surface area contributed by atoms with E-state index in [2.05, 4.69) is 46.1 Å². The van der Waals surface area contributed by atoms with Crippen molar-refractivity contribution >= 4 is 17.3 Å². The smallest absolute Gasteiger partial charge is 0.180 e. The van der Waals surface area contributed by atoms with Gasteiger partial charge >= 0.3 is 0 Å². The Morgan fingerprint density at radius 3 is 1.33 bits per heavy atom. The molecule has 0 bridgehead atoms. The van der Waals surface area contributed by atoms with Crippen molar-refractivity contribution in [2.75, 3.05) is 93.2 Å². The predicted molar refractivity (Wildman–Crippen MR) is 95.1 cm³/mol. The third kappa shape index (κ3) is 3.24. The molecule has 0 radical (unpaired) electrons. The molecule has 1 aromatic rings. The Balaban J connectivity index is 1.71. The van der Waals surface area contributed by atoms with E-state index in [0.717, 1.165) is 90.2 Å². The number of nitrogens with one attached hydrogen (secondary N) is 3. The first kappa shape index (κ1) is 15.8. The monoisotopic (exact) mass is 333 g/mol. The number of rotatable bonds is 3. The lowest BCUT2D eigenvalue weighted by molar-refractivity contribution is 0.558. The van der Waals surface area contributed by atoms with E-state index in [1.807, 2.05) is 0 Å². The maximum atomic E-state index is 4.47. The lowest BCUT2D eigenvalue weighted by atomic mass is 10.2. The number of piperazine rings is 3. The van der Waals surface area contributed by atoms with E-state index in [4.69, 9.17) is 0 Å². The van der Waals surface area contributed by atoms with Crippen molar-refractivity contribution in [3.63, 3.8) is 0 Å². The summed E-state index contributed by atoms with van der Waals surface area (Å²) in [7, 11) is 0. The average molecular weight is 333 g/mol. The molecule has 0 aromatic carbocycles. The fourth-order valence-corrected chi connectivity index (χ4v) is 3.65. The second-order valence-electron chi connectivity index (χ2n) is 6.50. The molecule has 4 heterocycles. The van der Waals surface area contributed by atoms with Crippen LogP contribution in [0.15, 0.2) is 0 Å². The van der Waals surface area contributed by atoms with Crippen molar-refractivity contribution in [2.24, 2.45) is 0 Å². The molecule has 24 heavy (non-hydrogen) atoms. The van der Waals surface area contributed by atoms with Crippen LogP contribution in [0.1, 0.15) is 0 Å². The van der Waals surface area contributed by atoms with Crippen molar-refractivity contribution in [1.29, 1.82) is 0 Å². The SMILES string of the molecule is C1CN(c2nnnc(N3CCNCC3)c2N2CCNCC2)CCN1. The minimum Gasteiger partial charge on any atom is -0.363 e. The lowest BCUT2D eigenvalue weighted by Crippen LogP contribution is -2.49. The zero-order valence-corrected chi connectivity index (χ0v) is 14.2. The highest BCUT2D eigenvalue weighted by atomic mass is 15.4. The first-order chi connectivity index (χ1) is 11.9. The fourth-order valence-electron chi connectivity index (χ4n) is 3.65. The summed E-state index contributed by atoms with van der Waals surface area (Å²) in [5, 5.41) is 23.3. The van der Waals surface area contributed by atoms with E-state index in [1.54, 1.807) is 0 Å². The molecule has 3 aliphatic heterocycles. The largest absolute Gasteiger partial charge is 0.363 e. The number of nitrogens with zero attached hydrogens (tertiary/aromatic N) is 6. The Hall–Kier alpha value is -1.71. The van der Waals surface area contributed by atoms with Gasteiger partial charge < -0.3 is 30.7 Å². The standard InChI is InChI=1S/C15H27N9/c1-7-22(8-2-16-1)13-14(23-9-3-17-4-10-23)19-21-20-15(13)24-11-5-18-6-12-24/h16-18H,1-12H2. The van der Waals surface area contributed by atoms with E-state index >= 15 is 0 Å². The van der Waals surface area contributed by atoms with Crippen LogP contribution in [0.2, 0.25) is 0 Å². The molecule has 0 amide bonds. The van der Waals surface area contributed by atoms with Crippen LogP contribution < -0.4 is 30.7 Å². The number of aromatic nitrogens is 3. The van der Waals surface area contributed by atoms with Crippen LogP contribution in [0.4, 0.5) is 17.3 Å². The minimum atomic E-state index is 0.971. The van der Waals surface area contributed by atoms with Crippen molar-refractivity contribution in [3.8, 4) is 0 Å². The summed E-state index contributed by atoms with van der Waals surface area (Å²) < 4.78 is 0. The summed E-state index contributed by atoms with van der Waals surface area (Å²) in [6.07, 6.45) is 0. The minimum absolute atomic E-state index is 0.971. The van der Waals surface area contributed by atoms with Crippen LogP contribution in [0.25, 0.3) is 0 Å². The molecule has 3 aliphatic rings. The van der Waals surface area contributed by atoms with Crippen LogP contribution in [0.3, 0.4) is 0 Å². The van der Waals surface area contributed by atoms with E-state index in [1.165, 1.54) is 5.69 Å². The first-order valence-electron chi connectivity index (χ1n) is 9.04. The van der Waals surface area contributed by atoms with Crippen molar-refractivity contribution < 1.29 is 0 Å². The molecule has 3 fully saturated rings. The summed E-state index contributed by atoms with van der Waals surface area (Å²) in [5.41, 5.74) is 1.18. The van der Waals surface area contributed by atoms with Gasteiger partial charge in [0.15, 0.2) is 11.6 Å². The first-order valence-corrected chi connectivity index (χ1v) is 9.04. The maximum absolute atomic E-state index is 4.47. The summed E-state index contributed by atoms with van der Waals surface area (Å²) >= 11 is 0. The third-order valence-corrected chi connectivity index (χ3v) is 4.97. The molecule has 0 atom stereocenters. The second kappa shape index (κ2) is 7.45. The molecule has 1 aromatic heterocycles. The van der Waals surface area contributed by atoms with E-state index < -0.39 is 0 Å². The topological polar surface area (TPSA) is 84.5 Å². The number of anilines is 3. The van der Waals surface area contributed by atoms with Gasteiger partial charge in [-0.2, -0.15) is 0 Å². The van der Waals surface area contributed by atoms with Crippen LogP contribution in [-0.2, 0) is 0 Å². The molecular weight excluding hydrogens is 306 g/mol. The van der Waals surface area contributed by atoms with E-state index in [0.29, 0.717) is 0 Å². The molecule has 0 saturated carbocycles. The fraction of sp³-hybridized carbons (Fsp3) is 0.800. The Bertz CT molecular complexity index is 497. The second-order valence-corrected chi connectivity index (χ2v) is 6.50. The summed E-state index contributed by atoms with van der Waals surface area (Å²) in [6, 6.07) is 0. The normalized spacial score (nSPS) is 22.8. The summed E-state index contributed by atoms with van der Waals surface area (Å²) in [5.74, 6) is 2.00. The zero-order valence-electron chi connectivity index (χ0n) is 14.2. The Morgan fingerprint density at radius 2 is 0.917 bits per heavy atom. The van der Waals surface area contributed by atoms with Gasteiger partial charge in [-0.3, -0.25) is 0 Å². The van der Waals surface area contributed by atoms with Gasteiger partial charge in [0.05, 0.1) is 0 Å². The van der Waals surface area contributed by atoms with Gasteiger partial charge in [0.1, 0.15) is 5.69 Å². The van der Waals surface area contributed by atoms with Crippen LogP contribution in [-0.4, -0.2) is 93.9 Å². The van der Waals surface area contributed by atoms with Crippen molar-refractivity contribution in [3.05, 3.63) is 0 Å². The van der Waals surface area contributed by atoms with Crippen LogP contribution in [0, 0.1) is 0 Å². The molecular formula is C15H27N9. The Morgan fingerprint density at radius 1 is 0.542 bits per heavy atom. The maximum Gasteiger partial charge on any atom is 0.180 e. The predicted octanol–water partition coefficient (Wildman–Crippen LogP) is -1.90. The van der Waals surface area contributed by atoms with Gasteiger partial charge in [-0.15, -0.1) is 10.2 Å². The van der Waals surface area contributed by atoms with Gasteiger partial charge in [-0.1, -0.05) is 0 Å². The average Bonchev–Trinajstić information content (AvgIpc) is 2.69. The molecule has 0 unspecified atom stereocenters. The van der Waals surface area contributed by atoms with E-state index in [-0.39, 0.29) is 0 Å². The zero-order chi connectivity index (χ0) is 16.2. The van der Waals surface area contributed by atoms with Gasteiger partial charge in [-0.25, -0.2) is 0 Å². The molecule has 0 spiro atoms. The van der Waals surface area contributed by atoms with E-state index in [9.17, 15) is 0 Å². The van der Waals surface area contributed by atoms with Crippen molar-refractivity contribution in [1.82, 2.24) is 31.4 Å². The van der Waals surface area contributed by atoms with Crippen molar-refractivity contribution in [2.45, 2.75) is 0 Å². The molecule has 9 nitrogen and oxygen atoms in total. The molecule has 4 rings (SSSR count). The Kier molecular flexibility index (Phi) is 4.91. The lowest BCUT2D eigenvalue weighted by Gasteiger charge is -2.38. The van der Waals surface area contributed by atoms with Crippen LogP contribution in [0.5, 0.6) is 0 Å². The Labute approximate surface area is 142 Å². The summed E-state index contributed by atoms with van der Waals surface area (Å²) in [4.78, 5) is 7.15. The highest BCUT2D eigenvalue weighted by Gasteiger charge is 2.28. The summed E-state index contributed by atoms with van der Waals surface area (Å²) in [6.45, 7) is 11.9. The highest BCUT2D eigenvalue weighted by molar-refractivity contribution is 5.79. The highest BCUT2D eigenvalue weighted by Crippen LogP contribution is 2.35. The third-order valence-electron chi connectivity index (χ3n) is 4.97. The number of hydrogen-bond donors (Lipinski definition) is 3. The quantitative estimate of drug-likeness (QED) is 0.587. The molecule has 9 heteroatoms. The number of hydrogen-bond acceptors (Lipinski definition) is 9. The molecule has 0 aliphatic carbocycles. The van der Waals surface area contributed by atoms with Gasteiger partial charge in [-0.05, 0) is 5.21 Å². The molecule has 3 N–H and O–H groups in total.